The van der Waals surface area contributed by atoms with Gasteiger partial charge in [-0.1, -0.05) is 0 Å². The molecule has 98 valence electrons. The van der Waals surface area contributed by atoms with Crippen LogP contribution in [-0.4, -0.2) is 28.4 Å². The molecule has 1 aromatic heterocycles. The Labute approximate surface area is 109 Å². The van der Waals surface area contributed by atoms with Gasteiger partial charge in [0.15, 0.2) is 5.69 Å². The number of aromatic nitrogens is 2. The van der Waals surface area contributed by atoms with Gasteiger partial charge in [0.25, 0.3) is 11.8 Å². The number of imidazole rings is 1. The van der Waals surface area contributed by atoms with Gasteiger partial charge in [0.05, 0.1) is 0 Å². The first-order valence-electron chi connectivity index (χ1n) is 5.49. The van der Waals surface area contributed by atoms with Gasteiger partial charge in [0.2, 0.25) is 0 Å². The predicted molar refractivity (Wildman–Crippen MR) is 69.9 cm³/mol. The van der Waals surface area contributed by atoms with E-state index in [-0.39, 0.29) is 11.4 Å². The number of benzene rings is 1. The van der Waals surface area contributed by atoms with Crippen LogP contribution in [0.4, 0.5) is 5.69 Å². The van der Waals surface area contributed by atoms with Crippen molar-refractivity contribution in [1.82, 2.24) is 14.9 Å². The van der Waals surface area contributed by atoms with Crippen molar-refractivity contribution in [2.45, 2.75) is 0 Å². The van der Waals surface area contributed by atoms with Crippen molar-refractivity contribution in [2.24, 2.45) is 5.73 Å². The molecule has 2 amide bonds. The Kier molecular flexibility index (Phi) is 3.19. The summed E-state index contributed by atoms with van der Waals surface area (Å²) in [5.74, 6) is -1.20. The summed E-state index contributed by atoms with van der Waals surface area (Å²) in [7, 11) is 1.45. The van der Waals surface area contributed by atoms with E-state index >= 15 is 0 Å². The van der Waals surface area contributed by atoms with Gasteiger partial charge in [-0.25, -0.2) is 4.98 Å². The zero-order valence-corrected chi connectivity index (χ0v) is 10.3. The monoisotopic (exact) mass is 259 g/mol. The molecule has 19 heavy (non-hydrogen) atoms. The number of carbonyl (C=O) groups is 2. The SMILES string of the molecule is CNC(=O)c1ncn(-c2ccc(N)cc2)c1C(N)=O. The molecule has 7 nitrogen and oxygen atoms in total. The molecule has 0 bridgehead atoms. The standard InChI is InChI=1S/C12H13N5O2/c1-15-12(19)9-10(11(14)18)17(6-16-9)8-4-2-7(13)3-5-8/h2-6H,13H2,1H3,(H2,14,18)(H,15,19). The van der Waals surface area contributed by atoms with Gasteiger partial charge in [-0.05, 0) is 24.3 Å². The van der Waals surface area contributed by atoms with Crippen LogP contribution in [0.2, 0.25) is 0 Å². The first-order chi connectivity index (χ1) is 9.04. The molecule has 2 aromatic rings. The van der Waals surface area contributed by atoms with Crippen LogP contribution in [0.25, 0.3) is 5.69 Å². The predicted octanol–water partition coefficient (Wildman–Crippen LogP) is -0.0870. The summed E-state index contributed by atoms with van der Waals surface area (Å²) in [5.41, 5.74) is 12.2. The Hall–Kier alpha value is -2.83. The molecular weight excluding hydrogens is 246 g/mol. The van der Waals surface area contributed by atoms with Crippen LogP contribution in [0.5, 0.6) is 0 Å². The first-order valence-corrected chi connectivity index (χ1v) is 5.49. The average Bonchev–Trinajstić information content (AvgIpc) is 2.83. The van der Waals surface area contributed by atoms with E-state index in [9.17, 15) is 9.59 Å². The van der Waals surface area contributed by atoms with Crippen molar-refractivity contribution in [1.29, 1.82) is 0 Å². The van der Waals surface area contributed by atoms with Crippen LogP contribution >= 0.6 is 0 Å². The smallest absolute Gasteiger partial charge is 0.272 e. The molecule has 0 saturated heterocycles. The van der Waals surface area contributed by atoms with Crippen molar-refractivity contribution >= 4 is 17.5 Å². The van der Waals surface area contributed by atoms with Crippen LogP contribution < -0.4 is 16.8 Å². The lowest BCUT2D eigenvalue weighted by Gasteiger charge is -2.07. The highest BCUT2D eigenvalue weighted by Crippen LogP contribution is 2.16. The van der Waals surface area contributed by atoms with Gasteiger partial charge in [-0.15, -0.1) is 0 Å². The second kappa shape index (κ2) is 4.81. The summed E-state index contributed by atoms with van der Waals surface area (Å²) in [6, 6.07) is 6.77. The lowest BCUT2D eigenvalue weighted by molar-refractivity contribution is 0.0937. The molecule has 1 aromatic carbocycles. The van der Waals surface area contributed by atoms with E-state index in [0.717, 1.165) is 0 Å². The van der Waals surface area contributed by atoms with Crippen LogP contribution in [0, 0.1) is 0 Å². The fourth-order valence-corrected chi connectivity index (χ4v) is 1.70. The van der Waals surface area contributed by atoms with Crippen molar-refractivity contribution in [2.75, 3.05) is 12.8 Å². The van der Waals surface area contributed by atoms with Crippen LogP contribution in [0.15, 0.2) is 30.6 Å². The largest absolute Gasteiger partial charge is 0.399 e. The average molecular weight is 259 g/mol. The molecule has 0 saturated carbocycles. The highest BCUT2D eigenvalue weighted by Gasteiger charge is 2.21. The molecule has 0 unspecified atom stereocenters. The number of nitrogens with one attached hydrogen (secondary N) is 1. The Morgan fingerprint density at radius 3 is 2.42 bits per heavy atom. The molecule has 0 aliphatic rings. The number of anilines is 1. The van der Waals surface area contributed by atoms with E-state index in [1.807, 2.05) is 0 Å². The quantitative estimate of drug-likeness (QED) is 0.668. The summed E-state index contributed by atoms with van der Waals surface area (Å²) in [6.07, 6.45) is 1.37. The number of hydrogen-bond acceptors (Lipinski definition) is 4. The minimum Gasteiger partial charge on any atom is -0.399 e. The summed E-state index contributed by atoms with van der Waals surface area (Å²) >= 11 is 0. The Bertz CT molecular complexity index is 630. The number of nitrogen functional groups attached to an aromatic ring is 1. The summed E-state index contributed by atoms with van der Waals surface area (Å²) < 4.78 is 1.45. The minimum atomic E-state index is -0.729. The van der Waals surface area contributed by atoms with Gasteiger partial charge >= 0.3 is 0 Å². The third-order valence-corrected chi connectivity index (χ3v) is 2.61. The molecule has 2 rings (SSSR count). The highest BCUT2D eigenvalue weighted by atomic mass is 16.2. The number of rotatable bonds is 3. The van der Waals surface area contributed by atoms with Gasteiger partial charge in [-0.3, -0.25) is 14.2 Å². The molecule has 0 fully saturated rings. The number of amides is 2. The van der Waals surface area contributed by atoms with Gasteiger partial charge in [-0.2, -0.15) is 0 Å². The maximum atomic E-state index is 11.6. The van der Waals surface area contributed by atoms with E-state index in [1.165, 1.54) is 17.9 Å². The van der Waals surface area contributed by atoms with E-state index < -0.39 is 11.8 Å². The Morgan fingerprint density at radius 1 is 1.26 bits per heavy atom. The number of hydrogen-bond donors (Lipinski definition) is 3. The molecule has 0 aliphatic carbocycles. The van der Waals surface area contributed by atoms with E-state index in [2.05, 4.69) is 10.3 Å². The molecule has 0 atom stereocenters. The zero-order chi connectivity index (χ0) is 14.0. The lowest BCUT2D eigenvalue weighted by atomic mass is 10.2. The Balaban J connectivity index is 2.58. The molecular formula is C12H13N5O2. The third-order valence-electron chi connectivity index (χ3n) is 2.61. The normalized spacial score (nSPS) is 10.2. The first kappa shape index (κ1) is 12.6. The van der Waals surface area contributed by atoms with Crippen molar-refractivity contribution in [3.63, 3.8) is 0 Å². The van der Waals surface area contributed by atoms with Gasteiger partial charge < -0.3 is 16.8 Å². The minimum absolute atomic E-state index is 0.00757. The summed E-state index contributed by atoms with van der Waals surface area (Å²) in [6.45, 7) is 0. The van der Waals surface area contributed by atoms with Crippen LogP contribution in [-0.2, 0) is 0 Å². The van der Waals surface area contributed by atoms with Crippen LogP contribution in [0.1, 0.15) is 21.0 Å². The van der Waals surface area contributed by atoms with Crippen molar-refractivity contribution < 1.29 is 9.59 Å². The highest BCUT2D eigenvalue weighted by molar-refractivity contribution is 6.04. The van der Waals surface area contributed by atoms with E-state index in [1.54, 1.807) is 24.3 Å². The molecule has 0 radical (unpaired) electrons. The fourth-order valence-electron chi connectivity index (χ4n) is 1.70. The lowest BCUT2D eigenvalue weighted by Crippen LogP contribution is -2.25. The van der Waals surface area contributed by atoms with Gasteiger partial charge in [0.1, 0.15) is 12.0 Å². The van der Waals surface area contributed by atoms with Gasteiger partial charge in [0, 0.05) is 18.4 Å². The van der Waals surface area contributed by atoms with E-state index in [0.29, 0.717) is 11.4 Å². The Morgan fingerprint density at radius 2 is 1.89 bits per heavy atom. The topological polar surface area (TPSA) is 116 Å². The zero-order valence-electron chi connectivity index (χ0n) is 10.3. The molecule has 0 spiro atoms. The maximum Gasteiger partial charge on any atom is 0.272 e. The number of nitrogens with zero attached hydrogens (tertiary/aromatic N) is 2. The summed E-state index contributed by atoms with van der Waals surface area (Å²) in [5, 5.41) is 2.41. The molecule has 1 heterocycles. The van der Waals surface area contributed by atoms with Crippen LogP contribution in [0.3, 0.4) is 0 Å². The molecule has 5 N–H and O–H groups in total. The van der Waals surface area contributed by atoms with Crippen molar-refractivity contribution in [3.8, 4) is 5.69 Å². The molecule has 0 aliphatic heterocycles. The molecule has 7 heteroatoms. The maximum absolute atomic E-state index is 11.6. The number of carbonyl (C=O) groups excluding carboxylic acids is 2. The number of nitrogens with two attached hydrogens (primary N) is 2. The van der Waals surface area contributed by atoms with Crippen molar-refractivity contribution in [3.05, 3.63) is 42.0 Å². The third kappa shape index (κ3) is 2.25. The summed E-state index contributed by atoms with van der Waals surface area (Å²) in [4.78, 5) is 27.1. The van der Waals surface area contributed by atoms with E-state index in [4.69, 9.17) is 11.5 Å². The fraction of sp³-hybridized carbons (Fsp3) is 0.0833. The second-order valence-corrected chi connectivity index (χ2v) is 3.85. The second-order valence-electron chi connectivity index (χ2n) is 3.85. The number of primary amides is 1.